The fourth-order valence-corrected chi connectivity index (χ4v) is 2.19. The minimum Gasteiger partial charge on any atom is -0.207 e. The van der Waals surface area contributed by atoms with Gasteiger partial charge in [0.1, 0.15) is 11.6 Å². The van der Waals surface area contributed by atoms with E-state index in [1.54, 1.807) is 0 Å². The first-order valence-electron chi connectivity index (χ1n) is 6.92. The van der Waals surface area contributed by atoms with E-state index in [9.17, 15) is 8.78 Å². The molecule has 102 valence electrons. The summed E-state index contributed by atoms with van der Waals surface area (Å²) in [6.07, 6.45) is 5.48. The third-order valence-electron chi connectivity index (χ3n) is 3.33. The Morgan fingerprint density at radius 1 is 0.889 bits per heavy atom. The van der Waals surface area contributed by atoms with Crippen molar-refractivity contribution in [3.8, 4) is 0 Å². The summed E-state index contributed by atoms with van der Waals surface area (Å²) in [5, 5.41) is 0. The van der Waals surface area contributed by atoms with Crippen LogP contribution in [0.1, 0.15) is 52.0 Å². The van der Waals surface area contributed by atoms with Gasteiger partial charge in [-0.1, -0.05) is 40.0 Å². The average Bonchev–Trinajstić information content (AvgIpc) is 2.24. The lowest BCUT2D eigenvalue weighted by molar-refractivity contribution is 0.436. The van der Waals surface area contributed by atoms with E-state index in [0.29, 0.717) is 5.92 Å². The number of benzene rings is 1. The van der Waals surface area contributed by atoms with Crippen LogP contribution in [0.5, 0.6) is 0 Å². The summed E-state index contributed by atoms with van der Waals surface area (Å²) in [5.41, 5.74) is 0.767. The summed E-state index contributed by atoms with van der Waals surface area (Å²) in [6.45, 7) is 6.69. The van der Waals surface area contributed by atoms with Crippen molar-refractivity contribution in [2.45, 2.75) is 52.9 Å². The molecule has 0 aliphatic carbocycles. The molecule has 0 bridgehead atoms. The summed E-state index contributed by atoms with van der Waals surface area (Å²) >= 11 is 0. The second kappa shape index (κ2) is 7.50. The van der Waals surface area contributed by atoms with Gasteiger partial charge < -0.3 is 0 Å². The van der Waals surface area contributed by atoms with Gasteiger partial charge in [-0.2, -0.15) is 0 Å². The third kappa shape index (κ3) is 6.13. The van der Waals surface area contributed by atoms with Crippen LogP contribution in [-0.2, 0) is 6.42 Å². The maximum absolute atomic E-state index is 13.0. The first-order valence-corrected chi connectivity index (χ1v) is 6.92. The lowest BCUT2D eigenvalue weighted by atomic mass is 9.94. The molecule has 1 aromatic rings. The highest BCUT2D eigenvalue weighted by Gasteiger charge is 2.06. The lowest BCUT2D eigenvalue weighted by Gasteiger charge is -2.12. The molecule has 0 aromatic heterocycles. The topological polar surface area (TPSA) is 0 Å². The Hall–Kier alpha value is -0.920. The highest BCUT2D eigenvalue weighted by molar-refractivity contribution is 5.17. The van der Waals surface area contributed by atoms with E-state index in [1.165, 1.54) is 31.4 Å². The van der Waals surface area contributed by atoms with E-state index in [4.69, 9.17) is 0 Å². The lowest BCUT2D eigenvalue weighted by Crippen LogP contribution is -1.99. The summed E-state index contributed by atoms with van der Waals surface area (Å²) in [7, 11) is 0. The molecule has 1 aromatic carbocycles. The number of aryl methyl sites for hydroxylation is 1. The molecule has 0 radical (unpaired) electrons. The number of hydrogen-bond donors (Lipinski definition) is 0. The van der Waals surface area contributed by atoms with Crippen LogP contribution in [-0.4, -0.2) is 0 Å². The maximum atomic E-state index is 13.0. The molecule has 2 heteroatoms. The third-order valence-corrected chi connectivity index (χ3v) is 3.33. The largest absolute Gasteiger partial charge is 0.207 e. The molecular weight excluding hydrogens is 230 g/mol. The van der Waals surface area contributed by atoms with Crippen LogP contribution in [0.4, 0.5) is 8.78 Å². The standard InChI is InChI=1S/C16H24F2/c1-12(2)5-4-6-13(3)7-8-14-9-15(17)11-16(18)10-14/h9-13H,4-8H2,1-3H3. The van der Waals surface area contributed by atoms with E-state index in [1.807, 2.05) is 0 Å². The van der Waals surface area contributed by atoms with Crippen molar-refractivity contribution in [1.82, 2.24) is 0 Å². The van der Waals surface area contributed by atoms with Crippen LogP contribution >= 0.6 is 0 Å². The Labute approximate surface area is 109 Å². The molecule has 1 rings (SSSR count). The van der Waals surface area contributed by atoms with Crippen LogP contribution in [0.2, 0.25) is 0 Å². The Morgan fingerprint density at radius 3 is 2.06 bits per heavy atom. The van der Waals surface area contributed by atoms with Gasteiger partial charge in [0.25, 0.3) is 0 Å². The highest BCUT2D eigenvalue weighted by atomic mass is 19.1. The molecule has 18 heavy (non-hydrogen) atoms. The molecule has 0 aliphatic heterocycles. The Kier molecular flexibility index (Phi) is 6.31. The SMILES string of the molecule is CC(C)CCCC(C)CCc1cc(F)cc(F)c1. The van der Waals surface area contributed by atoms with E-state index in [-0.39, 0.29) is 0 Å². The van der Waals surface area contributed by atoms with E-state index < -0.39 is 11.6 Å². The van der Waals surface area contributed by atoms with E-state index in [2.05, 4.69) is 20.8 Å². The zero-order valence-electron chi connectivity index (χ0n) is 11.7. The summed E-state index contributed by atoms with van der Waals surface area (Å²) < 4.78 is 26.0. The highest BCUT2D eigenvalue weighted by Crippen LogP contribution is 2.18. The minimum atomic E-state index is -0.475. The predicted octanol–water partition coefficient (Wildman–Crippen LogP) is 5.36. The van der Waals surface area contributed by atoms with Crippen molar-refractivity contribution >= 4 is 0 Å². The molecule has 0 fully saturated rings. The Balaban J connectivity index is 2.31. The van der Waals surface area contributed by atoms with E-state index >= 15 is 0 Å². The second-order valence-electron chi connectivity index (χ2n) is 5.75. The molecule has 1 unspecified atom stereocenters. The molecule has 0 aliphatic rings. The zero-order chi connectivity index (χ0) is 13.5. The first-order chi connectivity index (χ1) is 8.47. The molecular formula is C16H24F2. The summed E-state index contributed by atoms with van der Waals surface area (Å²) in [4.78, 5) is 0. The number of rotatable bonds is 7. The van der Waals surface area contributed by atoms with Crippen LogP contribution in [0.3, 0.4) is 0 Å². The van der Waals surface area contributed by atoms with Crippen molar-refractivity contribution in [3.05, 3.63) is 35.4 Å². The zero-order valence-corrected chi connectivity index (χ0v) is 11.7. The Bertz CT molecular complexity index is 338. The second-order valence-corrected chi connectivity index (χ2v) is 5.75. The van der Waals surface area contributed by atoms with Crippen molar-refractivity contribution in [1.29, 1.82) is 0 Å². The van der Waals surface area contributed by atoms with Gasteiger partial charge in [0.2, 0.25) is 0 Å². The quantitative estimate of drug-likeness (QED) is 0.614. The maximum Gasteiger partial charge on any atom is 0.126 e. The molecule has 0 saturated heterocycles. The van der Waals surface area contributed by atoms with Crippen LogP contribution < -0.4 is 0 Å². The predicted molar refractivity (Wildman–Crippen MR) is 72.5 cm³/mol. The minimum absolute atomic E-state index is 0.475. The first kappa shape index (κ1) is 15.1. The van der Waals surface area contributed by atoms with Gasteiger partial charge in [-0.3, -0.25) is 0 Å². The van der Waals surface area contributed by atoms with Crippen LogP contribution in [0, 0.1) is 23.5 Å². The summed E-state index contributed by atoms with van der Waals surface area (Å²) in [6, 6.07) is 3.80. The van der Waals surface area contributed by atoms with Crippen molar-refractivity contribution < 1.29 is 8.78 Å². The average molecular weight is 254 g/mol. The van der Waals surface area contributed by atoms with Gasteiger partial charge in [0.05, 0.1) is 0 Å². The van der Waals surface area contributed by atoms with Gasteiger partial charge in [-0.25, -0.2) is 8.78 Å². The van der Waals surface area contributed by atoms with Crippen LogP contribution in [0.15, 0.2) is 18.2 Å². The fraction of sp³-hybridized carbons (Fsp3) is 0.625. The molecule has 0 spiro atoms. The van der Waals surface area contributed by atoms with Gasteiger partial charge in [0, 0.05) is 6.07 Å². The van der Waals surface area contributed by atoms with Gasteiger partial charge in [-0.05, 0) is 42.4 Å². The van der Waals surface area contributed by atoms with Gasteiger partial charge in [0.15, 0.2) is 0 Å². The smallest absolute Gasteiger partial charge is 0.126 e. The van der Waals surface area contributed by atoms with Crippen LogP contribution in [0.25, 0.3) is 0 Å². The summed E-state index contributed by atoms with van der Waals surface area (Å²) in [5.74, 6) is 0.430. The molecule has 0 N–H and O–H groups in total. The molecule has 1 atom stereocenters. The van der Waals surface area contributed by atoms with Crippen molar-refractivity contribution in [2.24, 2.45) is 11.8 Å². The Morgan fingerprint density at radius 2 is 1.50 bits per heavy atom. The van der Waals surface area contributed by atoms with Crippen molar-refractivity contribution in [3.63, 3.8) is 0 Å². The number of hydrogen-bond acceptors (Lipinski definition) is 0. The van der Waals surface area contributed by atoms with Gasteiger partial charge >= 0.3 is 0 Å². The fourth-order valence-electron chi connectivity index (χ4n) is 2.19. The van der Waals surface area contributed by atoms with E-state index in [0.717, 1.165) is 30.4 Å². The monoisotopic (exact) mass is 254 g/mol. The molecule has 0 saturated carbocycles. The molecule has 0 heterocycles. The normalized spacial score (nSPS) is 13.0. The molecule has 0 amide bonds. The molecule has 0 nitrogen and oxygen atoms in total. The number of halogens is 2. The van der Waals surface area contributed by atoms with Gasteiger partial charge in [-0.15, -0.1) is 0 Å². The van der Waals surface area contributed by atoms with Crippen molar-refractivity contribution in [2.75, 3.05) is 0 Å².